The lowest BCUT2D eigenvalue weighted by Crippen LogP contribution is -2.54. The molecule has 150 valence electrons. The highest BCUT2D eigenvalue weighted by atomic mass is 19.4. The zero-order valence-electron chi connectivity index (χ0n) is 15.6. The minimum Gasteiger partial charge on any atom is -0.480 e. The van der Waals surface area contributed by atoms with Crippen molar-refractivity contribution in [2.75, 3.05) is 26.2 Å². The van der Waals surface area contributed by atoms with E-state index in [2.05, 4.69) is 4.90 Å². The van der Waals surface area contributed by atoms with E-state index in [9.17, 15) is 18.0 Å². The summed E-state index contributed by atoms with van der Waals surface area (Å²) >= 11 is 0. The van der Waals surface area contributed by atoms with Crippen molar-refractivity contribution >= 4 is 5.97 Å². The summed E-state index contributed by atoms with van der Waals surface area (Å²) in [5, 5.41) is 9.06. The first-order chi connectivity index (χ1) is 13.3. The molecule has 0 aromatic heterocycles. The van der Waals surface area contributed by atoms with Crippen LogP contribution in [-0.2, 0) is 11.0 Å². The van der Waals surface area contributed by atoms with Gasteiger partial charge < -0.3 is 5.11 Å². The van der Waals surface area contributed by atoms with Crippen LogP contribution in [0.25, 0.3) is 0 Å². The van der Waals surface area contributed by atoms with Gasteiger partial charge in [0.15, 0.2) is 0 Å². The quantitative estimate of drug-likeness (QED) is 0.839. The van der Waals surface area contributed by atoms with Crippen molar-refractivity contribution < 1.29 is 23.1 Å². The first kappa shape index (κ1) is 20.4. The van der Waals surface area contributed by atoms with Crippen LogP contribution in [0.3, 0.4) is 0 Å². The second-order valence-electron chi connectivity index (χ2n) is 7.14. The number of carboxylic acids is 1. The van der Waals surface area contributed by atoms with E-state index >= 15 is 0 Å². The van der Waals surface area contributed by atoms with Gasteiger partial charge in [0, 0.05) is 25.7 Å². The van der Waals surface area contributed by atoms with Gasteiger partial charge in [0.2, 0.25) is 0 Å². The van der Waals surface area contributed by atoms with Gasteiger partial charge in [-0.15, -0.1) is 0 Å². The first-order valence-corrected chi connectivity index (χ1v) is 9.17. The molecule has 1 N–H and O–H groups in total. The molecule has 0 amide bonds. The Morgan fingerprint density at radius 1 is 1.11 bits per heavy atom. The fraction of sp³-hybridized carbons (Fsp3) is 0.381. The summed E-state index contributed by atoms with van der Waals surface area (Å²) in [6.07, 6.45) is -4.40. The molecule has 28 heavy (non-hydrogen) atoms. The highest BCUT2D eigenvalue weighted by Gasteiger charge is 2.34. The molecule has 4 nitrogen and oxygen atoms in total. The van der Waals surface area contributed by atoms with Gasteiger partial charge in [-0.05, 0) is 30.2 Å². The van der Waals surface area contributed by atoms with Crippen LogP contribution in [0.4, 0.5) is 13.2 Å². The molecule has 0 saturated carbocycles. The topological polar surface area (TPSA) is 43.8 Å². The summed E-state index contributed by atoms with van der Waals surface area (Å²) in [4.78, 5) is 15.1. The molecule has 1 unspecified atom stereocenters. The second kappa shape index (κ2) is 8.32. The van der Waals surface area contributed by atoms with Crippen molar-refractivity contribution in [3.05, 3.63) is 71.3 Å². The summed E-state index contributed by atoms with van der Waals surface area (Å²) < 4.78 is 39.7. The molecule has 0 aliphatic carbocycles. The average molecular weight is 392 g/mol. The van der Waals surface area contributed by atoms with E-state index in [-0.39, 0.29) is 18.6 Å². The fourth-order valence-electron chi connectivity index (χ4n) is 3.80. The lowest BCUT2D eigenvalue weighted by molar-refractivity contribution is -0.139. The molecule has 3 rings (SSSR count). The minimum atomic E-state index is -4.40. The van der Waals surface area contributed by atoms with Crippen LogP contribution in [0.5, 0.6) is 0 Å². The van der Waals surface area contributed by atoms with Crippen LogP contribution in [0, 0.1) is 0 Å². The third-order valence-electron chi connectivity index (χ3n) is 5.15. The first-order valence-electron chi connectivity index (χ1n) is 9.17. The van der Waals surface area contributed by atoms with E-state index in [0.29, 0.717) is 25.2 Å². The van der Waals surface area contributed by atoms with Gasteiger partial charge >= 0.3 is 12.1 Å². The molecule has 1 aliphatic heterocycles. The molecule has 2 atom stereocenters. The molecule has 2 aromatic carbocycles. The van der Waals surface area contributed by atoms with Crippen LogP contribution in [0.1, 0.15) is 29.7 Å². The number of carboxylic acid groups (broad SMARTS) is 1. The van der Waals surface area contributed by atoms with Crippen molar-refractivity contribution in [1.82, 2.24) is 9.80 Å². The highest BCUT2D eigenvalue weighted by molar-refractivity contribution is 5.69. The Balaban J connectivity index is 1.93. The number of carbonyl (C=O) groups is 1. The summed E-state index contributed by atoms with van der Waals surface area (Å²) in [6, 6.07) is 14.6. The summed E-state index contributed by atoms with van der Waals surface area (Å²) in [5.74, 6) is -0.877. The largest absolute Gasteiger partial charge is 0.480 e. The lowest BCUT2D eigenvalue weighted by atomic mass is 9.94. The van der Waals surface area contributed by atoms with Crippen molar-refractivity contribution in [2.45, 2.75) is 25.2 Å². The Bertz CT molecular complexity index is 811. The third kappa shape index (κ3) is 4.72. The molecule has 2 aromatic rings. The maximum atomic E-state index is 13.2. The number of aliphatic carboxylic acids is 1. The van der Waals surface area contributed by atoms with E-state index in [4.69, 9.17) is 5.11 Å². The number of alkyl halides is 3. The number of piperazine rings is 1. The Kier molecular flexibility index (Phi) is 6.05. The van der Waals surface area contributed by atoms with Crippen LogP contribution < -0.4 is 0 Å². The predicted molar refractivity (Wildman–Crippen MR) is 100.0 cm³/mol. The normalized spacial score (nSPS) is 20.1. The predicted octanol–water partition coefficient (Wildman–Crippen LogP) is 3.89. The van der Waals surface area contributed by atoms with E-state index in [0.717, 1.165) is 11.6 Å². The maximum Gasteiger partial charge on any atom is 0.416 e. The van der Waals surface area contributed by atoms with Crippen molar-refractivity contribution in [2.24, 2.45) is 0 Å². The summed E-state index contributed by atoms with van der Waals surface area (Å²) in [5.41, 5.74) is 0.837. The molecule has 7 heteroatoms. The van der Waals surface area contributed by atoms with Crippen LogP contribution in [-0.4, -0.2) is 53.1 Å². The Labute approximate surface area is 162 Å². The van der Waals surface area contributed by atoms with Gasteiger partial charge in [-0.2, -0.15) is 13.2 Å². The van der Waals surface area contributed by atoms with Gasteiger partial charge in [-0.3, -0.25) is 14.6 Å². The highest BCUT2D eigenvalue weighted by Crippen LogP contribution is 2.35. The number of hydrogen-bond acceptors (Lipinski definition) is 3. The van der Waals surface area contributed by atoms with Gasteiger partial charge in [0.25, 0.3) is 0 Å². The second-order valence-corrected chi connectivity index (χ2v) is 7.14. The Morgan fingerprint density at radius 3 is 2.39 bits per heavy atom. The number of nitrogens with zero attached hydrogens (tertiary/aromatic N) is 2. The van der Waals surface area contributed by atoms with Crippen molar-refractivity contribution in [3.63, 3.8) is 0 Å². The van der Waals surface area contributed by atoms with E-state index in [1.165, 1.54) is 12.1 Å². The number of rotatable bonds is 5. The number of halogens is 3. The summed E-state index contributed by atoms with van der Waals surface area (Å²) in [7, 11) is 0. The molecule has 1 aliphatic rings. The zero-order valence-corrected chi connectivity index (χ0v) is 15.6. The molecule has 0 bridgehead atoms. The molecular weight excluding hydrogens is 369 g/mol. The van der Waals surface area contributed by atoms with E-state index < -0.39 is 17.7 Å². The fourth-order valence-corrected chi connectivity index (χ4v) is 3.80. The van der Waals surface area contributed by atoms with Crippen LogP contribution in [0.2, 0.25) is 0 Å². The van der Waals surface area contributed by atoms with Crippen molar-refractivity contribution in [3.8, 4) is 0 Å². The molecule has 1 fully saturated rings. The van der Waals surface area contributed by atoms with Gasteiger partial charge in [0.05, 0.1) is 18.2 Å². The van der Waals surface area contributed by atoms with Gasteiger partial charge in [0.1, 0.15) is 0 Å². The maximum absolute atomic E-state index is 13.2. The van der Waals surface area contributed by atoms with Crippen LogP contribution >= 0.6 is 0 Å². The lowest BCUT2D eigenvalue weighted by Gasteiger charge is -2.43. The molecular formula is C21H23F3N2O2. The zero-order chi connectivity index (χ0) is 20.3. The van der Waals surface area contributed by atoms with Crippen LogP contribution in [0.15, 0.2) is 54.6 Å². The smallest absolute Gasteiger partial charge is 0.416 e. The number of benzene rings is 2. The van der Waals surface area contributed by atoms with E-state index in [1.54, 1.807) is 6.07 Å². The third-order valence-corrected chi connectivity index (χ3v) is 5.15. The minimum absolute atomic E-state index is 0.0122. The molecule has 1 heterocycles. The van der Waals surface area contributed by atoms with Gasteiger partial charge in [-0.1, -0.05) is 42.5 Å². The number of hydrogen-bond donors (Lipinski definition) is 1. The SMILES string of the molecule is CC1CN([C@H](c2ccccc2)c2cccc(C(F)(F)F)c2)CCN1CC(=O)O. The Hall–Kier alpha value is -2.38. The Morgan fingerprint density at radius 2 is 1.79 bits per heavy atom. The standard InChI is InChI=1S/C21H23F3N2O2/c1-15-13-26(11-10-25(15)14-19(27)28)20(16-6-3-2-4-7-16)17-8-5-9-18(12-17)21(22,23)24/h2-9,12,15,20H,10-11,13-14H2,1H3,(H,27,28)/t15?,20-/m1/s1. The van der Waals surface area contributed by atoms with E-state index in [1.807, 2.05) is 42.2 Å². The summed E-state index contributed by atoms with van der Waals surface area (Å²) in [6.45, 7) is 3.62. The molecule has 0 radical (unpaired) electrons. The van der Waals surface area contributed by atoms with Gasteiger partial charge in [-0.25, -0.2) is 0 Å². The van der Waals surface area contributed by atoms with Crippen molar-refractivity contribution in [1.29, 1.82) is 0 Å². The average Bonchev–Trinajstić information content (AvgIpc) is 2.64. The molecule has 0 spiro atoms. The monoisotopic (exact) mass is 392 g/mol. The molecule has 1 saturated heterocycles.